The van der Waals surface area contributed by atoms with E-state index in [1.165, 1.54) is 0 Å². The Hall–Kier alpha value is -2.08. The minimum atomic E-state index is 0.550. The molecule has 0 fully saturated rings. The summed E-state index contributed by atoms with van der Waals surface area (Å²) in [6.07, 6.45) is 1.81. The van der Waals surface area contributed by atoms with Gasteiger partial charge in [0.25, 0.3) is 0 Å². The Morgan fingerprint density at radius 3 is 2.79 bits per heavy atom. The third-order valence-electron chi connectivity index (χ3n) is 3.61. The molecule has 0 bridgehead atoms. The molecule has 0 aliphatic heterocycles. The summed E-state index contributed by atoms with van der Waals surface area (Å²) in [7, 11) is 0. The highest BCUT2D eigenvalue weighted by Gasteiger charge is 2.07. The number of aromatic amines is 1. The zero-order valence-electron chi connectivity index (χ0n) is 12.4. The van der Waals surface area contributed by atoms with Crippen LogP contribution in [0.5, 0.6) is 0 Å². The van der Waals surface area contributed by atoms with Crippen molar-refractivity contribution in [2.45, 2.75) is 6.54 Å². The number of aromatic nitrogens is 3. The molecule has 0 saturated heterocycles. The molecule has 0 saturated carbocycles. The largest absolute Gasteiger partial charge is 0.352 e. The molecule has 2 N–H and O–H groups in total. The van der Waals surface area contributed by atoms with Crippen LogP contribution in [0, 0.1) is 0 Å². The molecule has 120 valence electrons. The molecule has 0 unspecified atom stereocenters. The van der Waals surface area contributed by atoms with Gasteiger partial charge in [-0.05, 0) is 35.9 Å². The molecule has 24 heavy (non-hydrogen) atoms. The van der Waals surface area contributed by atoms with E-state index in [-0.39, 0.29) is 0 Å². The highest BCUT2D eigenvalue weighted by molar-refractivity contribution is 7.13. The van der Waals surface area contributed by atoms with E-state index in [1.54, 1.807) is 23.6 Å². The van der Waals surface area contributed by atoms with Crippen molar-refractivity contribution in [3.8, 4) is 10.6 Å². The van der Waals surface area contributed by atoms with Gasteiger partial charge in [-0.1, -0.05) is 29.3 Å². The summed E-state index contributed by atoms with van der Waals surface area (Å²) >= 11 is 13.6. The molecule has 2 aromatic heterocycles. The van der Waals surface area contributed by atoms with Gasteiger partial charge in [0.05, 0.1) is 21.1 Å². The van der Waals surface area contributed by atoms with Crippen molar-refractivity contribution in [1.29, 1.82) is 0 Å². The Labute approximate surface area is 152 Å². The third kappa shape index (κ3) is 3.11. The number of thiazole rings is 1. The molecule has 4 aromatic rings. The molecule has 2 heterocycles. The quantitative estimate of drug-likeness (QED) is 0.488. The van der Waals surface area contributed by atoms with Crippen LogP contribution in [0.4, 0.5) is 5.95 Å². The van der Waals surface area contributed by atoms with Crippen molar-refractivity contribution in [2.75, 3.05) is 5.32 Å². The Kier molecular flexibility index (Phi) is 4.14. The number of hydrogen-bond acceptors (Lipinski definition) is 4. The number of fused-ring (bicyclic) bond motifs is 1. The molecule has 7 heteroatoms. The first-order valence-corrected chi connectivity index (χ1v) is 8.90. The molecule has 0 aliphatic rings. The lowest BCUT2D eigenvalue weighted by atomic mass is 10.2. The van der Waals surface area contributed by atoms with E-state index in [9.17, 15) is 0 Å². The summed E-state index contributed by atoms with van der Waals surface area (Å²) in [5, 5.41) is 7.34. The first-order valence-electron chi connectivity index (χ1n) is 7.26. The molecular formula is C17H12Cl2N4S. The number of nitrogens with zero attached hydrogens (tertiary/aromatic N) is 2. The molecule has 0 radical (unpaired) electrons. The van der Waals surface area contributed by atoms with Crippen molar-refractivity contribution in [3.05, 3.63) is 63.6 Å². The molecule has 4 rings (SSSR count). The monoisotopic (exact) mass is 374 g/mol. The van der Waals surface area contributed by atoms with Gasteiger partial charge in [0.1, 0.15) is 5.01 Å². The maximum atomic E-state index is 6.04. The van der Waals surface area contributed by atoms with E-state index in [2.05, 4.69) is 26.3 Å². The second-order valence-corrected chi connectivity index (χ2v) is 6.97. The van der Waals surface area contributed by atoms with E-state index < -0.39 is 0 Å². The first-order chi connectivity index (χ1) is 11.7. The van der Waals surface area contributed by atoms with Crippen LogP contribution in [0.3, 0.4) is 0 Å². The summed E-state index contributed by atoms with van der Waals surface area (Å²) in [4.78, 5) is 12.2. The van der Waals surface area contributed by atoms with Gasteiger partial charge < -0.3 is 10.3 Å². The minimum absolute atomic E-state index is 0.550. The highest BCUT2D eigenvalue weighted by Crippen LogP contribution is 2.26. The van der Waals surface area contributed by atoms with Crippen LogP contribution in [-0.2, 0) is 6.54 Å². The van der Waals surface area contributed by atoms with Crippen LogP contribution in [0.2, 0.25) is 10.0 Å². The highest BCUT2D eigenvalue weighted by atomic mass is 35.5. The fourth-order valence-corrected chi connectivity index (χ4v) is 3.38. The predicted octanol–water partition coefficient (Wildman–Crippen LogP) is 5.61. The minimum Gasteiger partial charge on any atom is -0.352 e. The number of halogens is 2. The van der Waals surface area contributed by atoms with Crippen LogP contribution in [-0.4, -0.2) is 15.0 Å². The molecule has 2 aromatic carbocycles. The molecular weight excluding hydrogens is 363 g/mol. The van der Waals surface area contributed by atoms with Crippen molar-refractivity contribution in [3.63, 3.8) is 0 Å². The van der Waals surface area contributed by atoms with Crippen molar-refractivity contribution in [2.24, 2.45) is 0 Å². The van der Waals surface area contributed by atoms with Crippen LogP contribution >= 0.6 is 34.5 Å². The van der Waals surface area contributed by atoms with E-state index in [0.29, 0.717) is 22.5 Å². The number of nitrogens with one attached hydrogen (secondary N) is 2. The topological polar surface area (TPSA) is 53.6 Å². The normalized spacial score (nSPS) is 11.1. The average Bonchev–Trinajstić information content (AvgIpc) is 3.24. The van der Waals surface area contributed by atoms with Gasteiger partial charge in [-0.25, -0.2) is 9.97 Å². The zero-order valence-corrected chi connectivity index (χ0v) is 14.7. The maximum absolute atomic E-state index is 6.04. The number of H-pyrrole nitrogens is 1. The SMILES string of the molecule is Clc1ccc(CNc2nc3ccc(-c4nccs4)cc3[nH]2)cc1Cl. The van der Waals surface area contributed by atoms with Gasteiger partial charge in [0, 0.05) is 23.7 Å². The number of hydrogen-bond donors (Lipinski definition) is 2. The summed E-state index contributed by atoms with van der Waals surface area (Å²) in [6.45, 7) is 0.607. The third-order valence-corrected chi connectivity index (χ3v) is 5.17. The Balaban J connectivity index is 1.55. The predicted molar refractivity (Wildman–Crippen MR) is 101 cm³/mol. The van der Waals surface area contributed by atoms with Crippen LogP contribution in [0.25, 0.3) is 21.6 Å². The van der Waals surface area contributed by atoms with Crippen molar-refractivity contribution >= 4 is 51.5 Å². The fraction of sp³-hybridized carbons (Fsp3) is 0.0588. The van der Waals surface area contributed by atoms with Gasteiger partial charge in [0.15, 0.2) is 0 Å². The molecule has 4 nitrogen and oxygen atoms in total. The lowest BCUT2D eigenvalue weighted by Gasteiger charge is -2.04. The Morgan fingerprint density at radius 2 is 2.00 bits per heavy atom. The molecule has 0 spiro atoms. The van der Waals surface area contributed by atoms with Crippen molar-refractivity contribution in [1.82, 2.24) is 15.0 Å². The Morgan fingerprint density at radius 1 is 1.08 bits per heavy atom. The molecule has 0 aliphatic carbocycles. The summed E-state index contributed by atoms with van der Waals surface area (Å²) < 4.78 is 0. The van der Waals surface area contributed by atoms with Crippen LogP contribution in [0.1, 0.15) is 5.56 Å². The van der Waals surface area contributed by atoms with E-state index in [1.807, 2.05) is 29.6 Å². The number of rotatable bonds is 4. The lowest BCUT2D eigenvalue weighted by Crippen LogP contribution is -2.00. The first kappa shape index (κ1) is 15.4. The number of imidazole rings is 1. The fourth-order valence-electron chi connectivity index (χ4n) is 2.43. The van der Waals surface area contributed by atoms with Crippen molar-refractivity contribution < 1.29 is 0 Å². The van der Waals surface area contributed by atoms with Gasteiger partial charge in [0.2, 0.25) is 5.95 Å². The molecule has 0 amide bonds. The Bertz CT molecular complexity index is 995. The van der Waals surface area contributed by atoms with Gasteiger partial charge in [-0.2, -0.15) is 0 Å². The lowest BCUT2D eigenvalue weighted by molar-refractivity contribution is 1.10. The van der Waals surface area contributed by atoms with E-state index in [4.69, 9.17) is 23.2 Å². The number of benzene rings is 2. The van der Waals surface area contributed by atoms with Crippen LogP contribution < -0.4 is 5.32 Å². The second-order valence-electron chi connectivity index (χ2n) is 5.26. The summed E-state index contributed by atoms with van der Waals surface area (Å²) in [5.74, 6) is 0.715. The smallest absolute Gasteiger partial charge is 0.201 e. The van der Waals surface area contributed by atoms with Gasteiger partial charge in [-0.3, -0.25) is 0 Å². The summed E-state index contributed by atoms with van der Waals surface area (Å²) in [6, 6.07) is 11.7. The van der Waals surface area contributed by atoms with Gasteiger partial charge >= 0.3 is 0 Å². The number of anilines is 1. The van der Waals surface area contributed by atoms with E-state index in [0.717, 1.165) is 27.2 Å². The summed E-state index contributed by atoms with van der Waals surface area (Å²) in [5.41, 5.74) is 4.00. The zero-order chi connectivity index (χ0) is 16.5. The standard InChI is InChI=1S/C17H12Cl2N4S/c18-12-3-1-10(7-13(12)19)9-21-17-22-14-4-2-11(8-15(14)23-17)16-20-5-6-24-16/h1-8H,9H2,(H2,21,22,23). The van der Waals surface area contributed by atoms with E-state index >= 15 is 0 Å². The van der Waals surface area contributed by atoms with Crippen LogP contribution in [0.15, 0.2) is 48.0 Å². The maximum Gasteiger partial charge on any atom is 0.201 e. The average molecular weight is 375 g/mol. The molecule has 0 atom stereocenters. The second kappa shape index (κ2) is 6.43. The van der Waals surface area contributed by atoms with Gasteiger partial charge in [-0.15, -0.1) is 11.3 Å².